The number of hydrogen-bond donors (Lipinski definition) is 1. The van der Waals surface area contributed by atoms with Crippen LogP contribution in [0.5, 0.6) is 0 Å². The minimum absolute atomic E-state index is 0.0445. The van der Waals surface area contributed by atoms with Gasteiger partial charge in [0, 0.05) is 16.6 Å². The average molecular weight is 310 g/mol. The molecule has 4 heteroatoms. The fraction of sp³-hybridized carbons (Fsp3) is 0.154. The molecule has 0 fully saturated rings. The van der Waals surface area contributed by atoms with Crippen molar-refractivity contribution in [1.82, 2.24) is 5.32 Å². The van der Waals surface area contributed by atoms with Crippen molar-refractivity contribution in [2.45, 2.75) is 13.5 Å². The van der Waals surface area contributed by atoms with Crippen molar-refractivity contribution in [1.29, 1.82) is 0 Å². The highest BCUT2D eigenvalue weighted by molar-refractivity contribution is 9.10. The van der Waals surface area contributed by atoms with Crippen LogP contribution < -0.4 is 5.32 Å². The van der Waals surface area contributed by atoms with E-state index in [4.69, 9.17) is 0 Å². The van der Waals surface area contributed by atoms with Gasteiger partial charge in [0.15, 0.2) is 0 Å². The number of benzene rings is 1. The monoisotopic (exact) mass is 309 g/mol. The molecule has 2 aromatic rings. The minimum Gasteiger partial charge on any atom is -0.348 e. The second kappa shape index (κ2) is 5.47. The van der Waals surface area contributed by atoms with E-state index < -0.39 is 0 Å². The summed E-state index contributed by atoms with van der Waals surface area (Å²) in [5.74, 6) is -0.0445. The Morgan fingerprint density at radius 3 is 2.88 bits per heavy atom. The molecule has 0 aliphatic heterocycles. The predicted octanol–water partition coefficient (Wildman–Crippen LogP) is 3.75. The van der Waals surface area contributed by atoms with E-state index >= 15 is 0 Å². The number of hydrogen-bond acceptors (Lipinski definition) is 2. The number of nitrogens with one attached hydrogen (secondary N) is 1. The summed E-state index contributed by atoms with van der Waals surface area (Å²) in [6.07, 6.45) is 0. The van der Waals surface area contributed by atoms with Crippen LogP contribution in [0.3, 0.4) is 0 Å². The molecule has 1 heterocycles. The normalized spacial score (nSPS) is 10.2. The smallest absolute Gasteiger partial charge is 0.251 e. The molecule has 88 valence electrons. The molecular formula is C13H12BrNOS. The summed E-state index contributed by atoms with van der Waals surface area (Å²) in [6.45, 7) is 2.57. The van der Waals surface area contributed by atoms with Crippen molar-refractivity contribution in [3.63, 3.8) is 0 Å². The zero-order chi connectivity index (χ0) is 12.3. The molecule has 0 atom stereocenters. The maximum absolute atomic E-state index is 11.9. The number of rotatable bonds is 3. The van der Waals surface area contributed by atoms with E-state index in [2.05, 4.69) is 21.2 Å². The van der Waals surface area contributed by atoms with Crippen LogP contribution in [0.25, 0.3) is 0 Å². The van der Waals surface area contributed by atoms with Gasteiger partial charge in [0.2, 0.25) is 0 Å². The molecular weight excluding hydrogens is 298 g/mol. The number of carbonyl (C=O) groups is 1. The summed E-state index contributed by atoms with van der Waals surface area (Å²) < 4.78 is 0.959. The SMILES string of the molecule is Cc1ccc(C(=O)NCc2ccsc2)cc1Br. The largest absolute Gasteiger partial charge is 0.348 e. The summed E-state index contributed by atoms with van der Waals surface area (Å²) in [5.41, 5.74) is 2.94. The van der Waals surface area contributed by atoms with Crippen molar-refractivity contribution in [2.24, 2.45) is 0 Å². The van der Waals surface area contributed by atoms with Gasteiger partial charge >= 0.3 is 0 Å². The first-order valence-electron chi connectivity index (χ1n) is 5.22. The Bertz CT molecular complexity index is 522. The van der Waals surface area contributed by atoms with Crippen molar-refractivity contribution >= 4 is 33.2 Å². The molecule has 17 heavy (non-hydrogen) atoms. The number of carbonyl (C=O) groups excluding carboxylic acids is 1. The molecule has 1 amide bonds. The highest BCUT2D eigenvalue weighted by Gasteiger charge is 2.06. The van der Waals surface area contributed by atoms with Gasteiger partial charge in [0.25, 0.3) is 5.91 Å². The Morgan fingerprint density at radius 2 is 2.24 bits per heavy atom. The third kappa shape index (κ3) is 3.17. The van der Waals surface area contributed by atoms with E-state index in [1.165, 1.54) is 0 Å². The zero-order valence-electron chi connectivity index (χ0n) is 9.37. The number of aryl methyl sites for hydroxylation is 1. The second-order valence-corrected chi connectivity index (χ2v) is 5.41. The molecule has 0 saturated carbocycles. The lowest BCUT2D eigenvalue weighted by molar-refractivity contribution is 0.0951. The number of halogens is 1. The first-order chi connectivity index (χ1) is 8.16. The predicted molar refractivity (Wildman–Crippen MR) is 74.4 cm³/mol. The van der Waals surface area contributed by atoms with Crippen LogP contribution in [0, 0.1) is 6.92 Å². The molecule has 2 rings (SSSR count). The van der Waals surface area contributed by atoms with Gasteiger partial charge in [-0.3, -0.25) is 4.79 Å². The third-order valence-electron chi connectivity index (χ3n) is 2.47. The molecule has 2 nitrogen and oxygen atoms in total. The third-order valence-corrected chi connectivity index (χ3v) is 4.05. The van der Waals surface area contributed by atoms with Crippen molar-refractivity contribution < 1.29 is 4.79 Å². The van der Waals surface area contributed by atoms with Crippen molar-refractivity contribution in [2.75, 3.05) is 0 Å². The van der Waals surface area contributed by atoms with Crippen LogP contribution in [-0.4, -0.2) is 5.91 Å². The van der Waals surface area contributed by atoms with E-state index in [9.17, 15) is 4.79 Å². The molecule has 0 bridgehead atoms. The van der Waals surface area contributed by atoms with Crippen LogP contribution in [0.1, 0.15) is 21.5 Å². The molecule has 1 aromatic carbocycles. The van der Waals surface area contributed by atoms with Gasteiger partial charge in [-0.15, -0.1) is 0 Å². The zero-order valence-corrected chi connectivity index (χ0v) is 11.8. The van der Waals surface area contributed by atoms with Crippen molar-refractivity contribution in [3.8, 4) is 0 Å². The van der Waals surface area contributed by atoms with Crippen LogP contribution >= 0.6 is 27.3 Å². The fourth-order valence-electron chi connectivity index (χ4n) is 1.41. The topological polar surface area (TPSA) is 29.1 Å². The summed E-state index contributed by atoms with van der Waals surface area (Å²) in [7, 11) is 0. The van der Waals surface area contributed by atoms with E-state index in [1.807, 2.05) is 41.9 Å². The maximum atomic E-state index is 11.9. The van der Waals surface area contributed by atoms with Gasteiger partial charge in [0.05, 0.1) is 0 Å². The summed E-state index contributed by atoms with van der Waals surface area (Å²) >= 11 is 5.06. The molecule has 0 unspecified atom stereocenters. The Hall–Kier alpha value is -1.13. The molecule has 0 radical (unpaired) electrons. The molecule has 0 aliphatic carbocycles. The first-order valence-corrected chi connectivity index (χ1v) is 6.96. The van der Waals surface area contributed by atoms with Gasteiger partial charge < -0.3 is 5.32 Å². The van der Waals surface area contributed by atoms with Gasteiger partial charge in [0.1, 0.15) is 0 Å². The van der Waals surface area contributed by atoms with Gasteiger partial charge in [-0.05, 0) is 47.0 Å². The van der Waals surface area contributed by atoms with Crippen LogP contribution in [0.2, 0.25) is 0 Å². The number of amides is 1. The molecule has 0 saturated heterocycles. The van der Waals surface area contributed by atoms with Crippen molar-refractivity contribution in [3.05, 3.63) is 56.2 Å². The lowest BCUT2D eigenvalue weighted by Gasteiger charge is -2.05. The first kappa shape index (κ1) is 12.3. The van der Waals surface area contributed by atoms with Gasteiger partial charge in [-0.1, -0.05) is 22.0 Å². The minimum atomic E-state index is -0.0445. The Labute approximate surface area is 113 Å². The van der Waals surface area contributed by atoms with Crippen LogP contribution in [0.4, 0.5) is 0 Å². The van der Waals surface area contributed by atoms with E-state index in [-0.39, 0.29) is 5.91 Å². The van der Waals surface area contributed by atoms with Gasteiger partial charge in [-0.25, -0.2) is 0 Å². The Balaban J connectivity index is 2.02. The highest BCUT2D eigenvalue weighted by atomic mass is 79.9. The average Bonchev–Trinajstić information content (AvgIpc) is 2.82. The Morgan fingerprint density at radius 1 is 1.41 bits per heavy atom. The Kier molecular flexibility index (Phi) is 3.97. The summed E-state index contributed by atoms with van der Waals surface area (Å²) in [4.78, 5) is 11.9. The quantitative estimate of drug-likeness (QED) is 0.919. The van der Waals surface area contributed by atoms with E-state index in [1.54, 1.807) is 11.3 Å². The molecule has 0 aliphatic rings. The molecule has 1 aromatic heterocycles. The standard InChI is InChI=1S/C13H12BrNOS/c1-9-2-3-11(6-12(9)14)13(16)15-7-10-4-5-17-8-10/h2-6,8H,7H2,1H3,(H,15,16). The van der Waals surface area contributed by atoms with Gasteiger partial charge in [-0.2, -0.15) is 11.3 Å². The second-order valence-electron chi connectivity index (χ2n) is 3.78. The lowest BCUT2D eigenvalue weighted by Crippen LogP contribution is -2.22. The van der Waals surface area contributed by atoms with Crippen LogP contribution in [0.15, 0.2) is 39.5 Å². The molecule has 0 spiro atoms. The molecule has 1 N–H and O–H groups in total. The summed E-state index contributed by atoms with van der Waals surface area (Å²) in [5, 5.41) is 6.93. The summed E-state index contributed by atoms with van der Waals surface area (Å²) in [6, 6.07) is 7.63. The van der Waals surface area contributed by atoms with E-state index in [0.717, 1.165) is 15.6 Å². The van der Waals surface area contributed by atoms with Crippen LogP contribution in [-0.2, 0) is 6.54 Å². The lowest BCUT2D eigenvalue weighted by atomic mass is 10.1. The highest BCUT2D eigenvalue weighted by Crippen LogP contribution is 2.17. The van der Waals surface area contributed by atoms with E-state index in [0.29, 0.717) is 12.1 Å². The number of thiophene rings is 1. The fourth-order valence-corrected chi connectivity index (χ4v) is 2.46. The maximum Gasteiger partial charge on any atom is 0.251 e.